The molecule has 1 aliphatic heterocycles. The number of halogens is 4. The van der Waals surface area contributed by atoms with Crippen molar-refractivity contribution >= 4 is 12.6 Å². The van der Waals surface area contributed by atoms with Crippen molar-refractivity contribution in [2.75, 3.05) is 6.61 Å². The maximum absolute atomic E-state index is 14.0. The fourth-order valence-electron chi connectivity index (χ4n) is 2.20. The first-order valence-electron chi connectivity index (χ1n) is 7.28. The van der Waals surface area contributed by atoms with Crippen molar-refractivity contribution in [3.05, 3.63) is 23.5 Å². The second-order valence-corrected chi connectivity index (χ2v) is 6.40. The van der Waals surface area contributed by atoms with Gasteiger partial charge < -0.3 is 14.0 Å². The average molecular weight is 334 g/mol. The monoisotopic (exact) mass is 334 g/mol. The quantitative estimate of drug-likeness (QED) is 0.625. The zero-order valence-corrected chi connectivity index (χ0v) is 13.7. The van der Waals surface area contributed by atoms with E-state index in [0.717, 1.165) is 0 Å². The molecule has 1 aromatic rings. The van der Waals surface area contributed by atoms with Gasteiger partial charge >= 0.3 is 13.3 Å². The predicted octanol–water partition coefficient (Wildman–Crippen LogP) is 3.54. The molecule has 1 saturated heterocycles. The molecule has 128 valence electrons. The molecule has 0 aliphatic carbocycles. The highest BCUT2D eigenvalue weighted by Crippen LogP contribution is 2.38. The van der Waals surface area contributed by atoms with Gasteiger partial charge in [-0.2, -0.15) is 13.2 Å². The maximum atomic E-state index is 14.0. The molecule has 0 bridgehead atoms. The molecule has 2 rings (SSSR count). The van der Waals surface area contributed by atoms with Crippen LogP contribution in [0.2, 0.25) is 0 Å². The summed E-state index contributed by atoms with van der Waals surface area (Å²) in [5, 5.41) is 0. The molecular weight excluding hydrogens is 315 g/mol. The Bertz CT molecular complexity index is 583. The summed E-state index contributed by atoms with van der Waals surface area (Å²) >= 11 is 0. The van der Waals surface area contributed by atoms with Gasteiger partial charge in [0.25, 0.3) is 0 Å². The van der Waals surface area contributed by atoms with Crippen LogP contribution in [0.15, 0.2) is 12.1 Å². The third kappa shape index (κ3) is 3.33. The number of hydrogen-bond acceptors (Lipinski definition) is 3. The van der Waals surface area contributed by atoms with Crippen LogP contribution in [0.3, 0.4) is 0 Å². The molecule has 0 amide bonds. The molecule has 0 N–H and O–H groups in total. The number of benzene rings is 1. The van der Waals surface area contributed by atoms with E-state index in [-0.39, 0.29) is 12.1 Å². The van der Waals surface area contributed by atoms with Crippen molar-refractivity contribution in [1.82, 2.24) is 0 Å². The highest BCUT2D eigenvalue weighted by atomic mass is 19.4. The standard InChI is InChI=1S/C15H19BF4O3/c1-6-21-11-8-9(7-10(12(11)17)15(18,19)20)16-22-13(2,3)14(4,5)23-16/h7-8H,6H2,1-5H3. The number of rotatable bonds is 3. The lowest BCUT2D eigenvalue weighted by molar-refractivity contribution is -0.140. The van der Waals surface area contributed by atoms with Crippen LogP contribution in [-0.2, 0) is 15.5 Å². The lowest BCUT2D eigenvalue weighted by Crippen LogP contribution is -2.41. The topological polar surface area (TPSA) is 27.7 Å². The van der Waals surface area contributed by atoms with E-state index < -0.39 is 41.6 Å². The average Bonchev–Trinajstić information content (AvgIpc) is 2.59. The number of ether oxygens (including phenoxy) is 1. The third-order valence-corrected chi connectivity index (χ3v) is 4.19. The zero-order chi connectivity index (χ0) is 17.6. The molecule has 1 aliphatic rings. The Morgan fingerprint density at radius 1 is 1.09 bits per heavy atom. The van der Waals surface area contributed by atoms with Crippen molar-refractivity contribution in [2.45, 2.75) is 52.0 Å². The minimum absolute atomic E-state index is 0.0427. The van der Waals surface area contributed by atoms with E-state index in [9.17, 15) is 17.6 Å². The number of hydrogen-bond donors (Lipinski definition) is 0. The van der Waals surface area contributed by atoms with Gasteiger partial charge in [0, 0.05) is 0 Å². The van der Waals surface area contributed by atoms with Gasteiger partial charge in [-0.15, -0.1) is 0 Å². The van der Waals surface area contributed by atoms with Gasteiger partial charge in [-0.3, -0.25) is 0 Å². The van der Waals surface area contributed by atoms with E-state index in [1.54, 1.807) is 34.6 Å². The van der Waals surface area contributed by atoms with E-state index in [1.807, 2.05) is 0 Å². The van der Waals surface area contributed by atoms with Crippen molar-refractivity contribution < 1.29 is 31.6 Å². The fourth-order valence-corrected chi connectivity index (χ4v) is 2.20. The van der Waals surface area contributed by atoms with Crippen LogP contribution in [0.25, 0.3) is 0 Å². The van der Waals surface area contributed by atoms with Gasteiger partial charge in [0.15, 0.2) is 11.6 Å². The summed E-state index contributed by atoms with van der Waals surface area (Å²) in [6.45, 7) is 8.74. The normalized spacial score (nSPS) is 20.0. The van der Waals surface area contributed by atoms with Crippen LogP contribution in [-0.4, -0.2) is 24.9 Å². The first kappa shape index (κ1) is 18.1. The van der Waals surface area contributed by atoms with Crippen LogP contribution >= 0.6 is 0 Å². The first-order valence-corrected chi connectivity index (χ1v) is 7.28. The molecule has 23 heavy (non-hydrogen) atoms. The molecule has 1 aromatic carbocycles. The van der Waals surface area contributed by atoms with Crippen molar-refractivity contribution in [2.24, 2.45) is 0 Å². The second kappa shape index (κ2) is 5.67. The van der Waals surface area contributed by atoms with E-state index in [2.05, 4.69) is 0 Å². The molecule has 1 fully saturated rings. The molecule has 3 nitrogen and oxygen atoms in total. The third-order valence-electron chi connectivity index (χ3n) is 4.19. The maximum Gasteiger partial charge on any atom is 0.494 e. The molecule has 0 atom stereocenters. The van der Waals surface area contributed by atoms with E-state index in [4.69, 9.17) is 14.0 Å². The van der Waals surface area contributed by atoms with Gasteiger partial charge in [0.2, 0.25) is 0 Å². The molecule has 0 radical (unpaired) electrons. The van der Waals surface area contributed by atoms with Crippen LogP contribution in [0.4, 0.5) is 17.6 Å². The molecule has 8 heteroatoms. The van der Waals surface area contributed by atoms with Gasteiger partial charge in [-0.25, -0.2) is 4.39 Å². The summed E-state index contributed by atoms with van der Waals surface area (Å²) in [5.41, 5.74) is -2.75. The minimum Gasteiger partial charge on any atom is -0.491 e. The van der Waals surface area contributed by atoms with Gasteiger partial charge in [-0.1, -0.05) is 0 Å². The highest BCUT2D eigenvalue weighted by molar-refractivity contribution is 6.62. The molecule has 1 heterocycles. The van der Waals surface area contributed by atoms with Crippen molar-refractivity contribution in [3.8, 4) is 5.75 Å². The summed E-state index contributed by atoms with van der Waals surface area (Å²) < 4.78 is 69.6. The van der Waals surface area contributed by atoms with Gasteiger partial charge in [0.05, 0.1) is 23.4 Å². The Morgan fingerprint density at radius 3 is 2.04 bits per heavy atom. The lowest BCUT2D eigenvalue weighted by Gasteiger charge is -2.32. The smallest absolute Gasteiger partial charge is 0.491 e. The van der Waals surface area contributed by atoms with Crippen LogP contribution in [0.5, 0.6) is 5.75 Å². The van der Waals surface area contributed by atoms with Crippen molar-refractivity contribution in [1.29, 1.82) is 0 Å². The molecule has 0 saturated carbocycles. The summed E-state index contributed by atoms with van der Waals surface area (Å²) in [4.78, 5) is 0. The van der Waals surface area contributed by atoms with Crippen LogP contribution in [0.1, 0.15) is 40.2 Å². The summed E-state index contributed by atoms with van der Waals surface area (Å²) in [7, 11) is -1.03. The lowest BCUT2D eigenvalue weighted by atomic mass is 9.78. The Kier molecular flexibility index (Phi) is 4.45. The molecule has 0 aromatic heterocycles. The van der Waals surface area contributed by atoms with Gasteiger partial charge in [0.1, 0.15) is 0 Å². The molecular formula is C15H19BF4O3. The molecule has 0 unspecified atom stereocenters. The Hall–Kier alpha value is -1.28. The Labute approximate surface area is 133 Å². The first-order chi connectivity index (χ1) is 10.4. The predicted molar refractivity (Wildman–Crippen MR) is 78.3 cm³/mol. The minimum atomic E-state index is -4.84. The van der Waals surface area contributed by atoms with E-state index in [1.165, 1.54) is 6.07 Å². The summed E-state index contributed by atoms with van der Waals surface area (Å²) in [5.74, 6) is -1.90. The Balaban J connectivity index is 2.50. The summed E-state index contributed by atoms with van der Waals surface area (Å²) in [6.07, 6.45) is -4.84. The molecule has 0 spiro atoms. The number of alkyl halides is 3. The Morgan fingerprint density at radius 2 is 1.61 bits per heavy atom. The highest BCUT2D eigenvalue weighted by Gasteiger charge is 2.52. The summed E-state index contributed by atoms with van der Waals surface area (Å²) in [6, 6.07) is 1.90. The largest absolute Gasteiger partial charge is 0.494 e. The van der Waals surface area contributed by atoms with E-state index >= 15 is 0 Å². The second-order valence-electron chi connectivity index (χ2n) is 6.40. The van der Waals surface area contributed by atoms with Crippen molar-refractivity contribution in [3.63, 3.8) is 0 Å². The van der Waals surface area contributed by atoms with E-state index in [0.29, 0.717) is 6.07 Å². The zero-order valence-electron chi connectivity index (χ0n) is 13.7. The SMILES string of the molecule is CCOc1cc(B2OC(C)(C)C(C)(C)O2)cc(C(F)(F)F)c1F. The van der Waals surface area contributed by atoms with Gasteiger partial charge in [-0.05, 0) is 52.2 Å². The van der Waals surface area contributed by atoms with Crippen LogP contribution < -0.4 is 10.2 Å². The fraction of sp³-hybridized carbons (Fsp3) is 0.600. The van der Waals surface area contributed by atoms with Crippen LogP contribution in [0, 0.1) is 5.82 Å².